The van der Waals surface area contributed by atoms with E-state index >= 15 is 0 Å². The molecule has 0 saturated heterocycles. The molecule has 0 radical (unpaired) electrons. The topological polar surface area (TPSA) is 29.1 Å². The summed E-state index contributed by atoms with van der Waals surface area (Å²) in [6.07, 6.45) is 3.86. The molecule has 0 unspecified atom stereocenters. The standard InChI is InChI=1S/C18H17N3/c1-4-15-7-10-17-11-14(3)18(21(17)12-15)20-19-16-8-5-13(2)6-9-16/h4-12H,1H2,2-3H3. The molecule has 3 heteroatoms. The average molecular weight is 275 g/mol. The van der Waals surface area contributed by atoms with E-state index in [-0.39, 0.29) is 0 Å². The van der Waals surface area contributed by atoms with Gasteiger partial charge in [0.25, 0.3) is 0 Å². The van der Waals surface area contributed by atoms with Gasteiger partial charge < -0.3 is 0 Å². The van der Waals surface area contributed by atoms with Gasteiger partial charge in [0.05, 0.1) is 5.69 Å². The second-order valence-electron chi connectivity index (χ2n) is 5.15. The summed E-state index contributed by atoms with van der Waals surface area (Å²) in [6.45, 7) is 7.91. The lowest BCUT2D eigenvalue weighted by atomic mass is 10.2. The van der Waals surface area contributed by atoms with Crippen molar-refractivity contribution < 1.29 is 0 Å². The van der Waals surface area contributed by atoms with Gasteiger partial charge in [-0.25, -0.2) is 0 Å². The van der Waals surface area contributed by atoms with Crippen LogP contribution >= 0.6 is 0 Å². The van der Waals surface area contributed by atoms with Crippen molar-refractivity contribution in [3.8, 4) is 0 Å². The van der Waals surface area contributed by atoms with Gasteiger partial charge in [-0.3, -0.25) is 4.40 Å². The highest BCUT2D eigenvalue weighted by atomic mass is 15.2. The number of benzene rings is 1. The molecular formula is C18H17N3. The van der Waals surface area contributed by atoms with Gasteiger partial charge in [-0.05, 0) is 49.2 Å². The average Bonchev–Trinajstić information content (AvgIpc) is 2.81. The smallest absolute Gasteiger partial charge is 0.162 e. The zero-order chi connectivity index (χ0) is 14.8. The summed E-state index contributed by atoms with van der Waals surface area (Å²) < 4.78 is 2.05. The van der Waals surface area contributed by atoms with Gasteiger partial charge in [0, 0.05) is 11.7 Å². The van der Waals surface area contributed by atoms with E-state index in [0.717, 1.165) is 28.1 Å². The molecule has 0 spiro atoms. The van der Waals surface area contributed by atoms with Gasteiger partial charge in [0.2, 0.25) is 0 Å². The molecule has 2 aromatic heterocycles. The lowest BCUT2D eigenvalue weighted by molar-refractivity contribution is 1.09. The maximum Gasteiger partial charge on any atom is 0.162 e. The quantitative estimate of drug-likeness (QED) is 0.556. The molecule has 0 bridgehead atoms. The number of hydrogen-bond donors (Lipinski definition) is 0. The van der Waals surface area contributed by atoms with Crippen LogP contribution in [0.4, 0.5) is 11.5 Å². The predicted molar refractivity (Wildman–Crippen MR) is 87.6 cm³/mol. The fraction of sp³-hybridized carbons (Fsp3) is 0.111. The Kier molecular flexibility index (Phi) is 3.40. The van der Waals surface area contributed by atoms with Crippen molar-refractivity contribution in [2.75, 3.05) is 0 Å². The molecule has 2 heterocycles. The van der Waals surface area contributed by atoms with Crippen molar-refractivity contribution in [2.45, 2.75) is 13.8 Å². The van der Waals surface area contributed by atoms with Crippen LogP contribution in [0.15, 0.2) is 65.5 Å². The van der Waals surface area contributed by atoms with Crippen molar-refractivity contribution >= 4 is 23.1 Å². The van der Waals surface area contributed by atoms with Gasteiger partial charge in [-0.15, -0.1) is 10.2 Å². The normalized spacial score (nSPS) is 11.3. The van der Waals surface area contributed by atoms with Crippen molar-refractivity contribution in [2.24, 2.45) is 10.2 Å². The van der Waals surface area contributed by atoms with Gasteiger partial charge in [0.15, 0.2) is 5.82 Å². The van der Waals surface area contributed by atoms with Crippen LogP contribution in [0.5, 0.6) is 0 Å². The Morgan fingerprint density at radius 1 is 1.00 bits per heavy atom. The number of pyridine rings is 1. The molecule has 3 rings (SSSR count). The van der Waals surface area contributed by atoms with E-state index in [1.807, 2.05) is 53.9 Å². The molecule has 3 aromatic rings. The Bertz CT molecular complexity index is 824. The lowest BCUT2D eigenvalue weighted by Crippen LogP contribution is -1.84. The Balaban J connectivity index is 2.04. The second kappa shape index (κ2) is 5.37. The molecule has 3 nitrogen and oxygen atoms in total. The summed E-state index contributed by atoms with van der Waals surface area (Å²) in [7, 11) is 0. The SMILES string of the molecule is C=Cc1ccc2cc(C)c(N=Nc3ccc(C)cc3)n2c1. The number of azo groups is 1. The summed E-state index contributed by atoms with van der Waals surface area (Å²) in [5, 5.41) is 8.76. The predicted octanol–water partition coefficient (Wildman–Crippen LogP) is 5.61. The molecule has 21 heavy (non-hydrogen) atoms. The van der Waals surface area contributed by atoms with Crippen molar-refractivity contribution in [3.63, 3.8) is 0 Å². The van der Waals surface area contributed by atoms with Crippen LogP contribution in [0.2, 0.25) is 0 Å². The van der Waals surface area contributed by atoms with E-state index in [9.17, 15) is 0 Å². The number of aromatic nitrogens is 1. The molecule has 0 saturated carbocycles. The Morgan fingerprint density at radius 2 is 1.76 bits per heavy atom. The Hall–Kier alpha value is -2.68. The van der Waals surface area contributed by atoms with Gasteiger partial charge in [0.1, 0.15) is 0 Å². The molecule has 104 valence electrons. The summed E-state index contributed by atoms with van der Waals surface area (Å²) in [4.78, 5) is 0. The fourth-order valence-electron chi connectivity index (χ4n) is 2.27. The molecule has 0 atom stereocenters. The van der Waals surface area contributed by atoms with E-state index in [1.54, 1.807) is 0 Å². The van der Waals surface area contributed by atoms with Crippen molar-refractivity contribution in [1.82, 2.24) is 4.40 Å². The summed E-state index contributed by atoms with van der Waals surface area (Å²) in [6, 6.07) is 14.2. The monoisotopic (exact) mass is 275 g/mol. The largest absolute Gasteiger partial charge is 0.300 e. The molecule has 0 amide bonds. The molecule has 0 fully saturated rings. The first-order chi connectivity index (χ1) is 10.2. The third kappa shape index (κ3) is 2.63. The molecule has 0 N–H and O–H groups in total. The van der Waals surface area contributed by atoms with E-state index in [0.29, 0.717) is 0 Å². The molecule has 0 aliphatic heterocycles. The number of rotatable bonds is 3. The number of aryl methyl sites for hydroxylation is 2. The third-order valence-electron chi connectivity index (χ3n) is 3.48. The van der Waals surface area contributed by atoms with E-state index in [1.165, 1.54) is 5.56 Å². The minimum atomic E-state index is 0.856. The maximum absolute atomic E-state index is 4.42. The summed E-state index contributed by atoms with van der Waals surface area (Å²) in [5.74, 6) is 0.856. The first kappa shape index (κ1) is 13.3. The molecule has 0 aliphatic rings. The highest BCUT2D eigenvalue weighted by Crippen LogP contribution is 2.26. The lowest BCUT2D eigenvalue weighted by Gasteiger charge is -2.00. The van der Waals surface area contributed by atoms with Gasteiger partial charge >= 0.3 is 0 Å². The highest BCUT2D eigenvalue weighted by molar-refractivity contribution is 5.63. The first-order valence-corrected chi connectivity index (χ1v) is 6.90. The van der Waals surface area contributed by atoms with Gasteiger partial charge in [-0.2, -0.15) is 0 Å². The van der Waals surface area contributed by atoms with E-state index in [4.69, 9.17) is 0 Å². The van der Waals surface area contributed by atoms with E-state index in [2.05, 4.69) is 35.9 Å². The third-order valence-corrected chi connectivity index (χ3v) is 3.48. The number of hydrogen-bond acceptors (Lipinski definition) is 2. The first-order valence-electron chi connectivity index (χ1n) is 6.90. The van der Waals surface area contributed by atoms with Crippen LogP contribution in [0.3, 0.4) is 0 Å². The fourth-order valence-corrected chi connectivity index (χ4v) is 2.27. The zero-order valence-corrected chi connectivity index (χ0v) is 12.2. The minimum Gasteiger partial charge on any atom is -0.300 e. The van der Waals surface area contributed by atoms with E-state index < -0.39 is 0 Å². The van der Waals surface area contributed by atoms with Crippen LogP contribution in [0.25, 0.3) is 11.6 Å². The number of fused-ring (bicyclic) bond motifs is 1. The maximum atomic E-state index is 4.42. The summed E-state index contributed by atoms with van der Waals surface area (Å²) in [5.41, 5.74) is 5.34. The zero-order valence-electron chi connectivity index (χ0n) is 12.2. The van der Waals surface area contributed by atoms with Gasteiger partial charge in [-0.1, -0.05) is 36.4 Å². The Morgan fingerprint density at radius 3 is 2.48 bits per heavy atom. The van der Waals surface area contributed by atoms with Crippen LogP contribution in [-0.4, -0.2) is 4.40 Å². The molecule has 0 aliphatic carbocycles. The number of nitrogens with zero attached hydrogens (tertiary/aromatic N) is 3. The van der Waals surface area contributed by atoms with Crippen LogP contribution in [0.1, 0.15) is 16.7 Å². The molecular weight excluding hydrogens is 258 g/mol. The molecule has 1 aromatic carbocycles. The van der Waals surface area contributed by atoms with Crippen LogP contribution in [-0.2, 0) is 0 Å². The van der Waals surface area contributed by atoms with Crippen LogP contribution in [0, 0.1) is 13.8 Å². The highest BCUT2D eigenvalue weighted by Gasteiger charge is 2.06. The Labute approximate surface area is 124 Å². The van der Waals surface area contributed by atoms with Crippen molar-refractivity contribution in [3.05, 3.63) is 71.9 Å². The van der Waals surface area contributed by atoms with Crippen molar-refractivity contribution in [1.29, 1.82) is 0 Å². The van der Waals surface area contributed by atoms with Crippen LogP contribution < -0.4 is 0 Å². The minimum absolute atomic E-state index is 0.856. The summed E-state index contributed by atoms with van der Waals surface area (Å²) >= 11 is 0. The second-order valence-corrected chi connectivity index (χ2v) is 5.15.